The van der Waals surface area contributed by atoms with Crippen LogP contribution in [0.15, 0.2) is 9.98 Å². The highest BCUT2D eigenvalue weighted by molar-refractivity contribution is 7.99. The highest BCUT2D eigenvalue weighted by atomic mass is 32.2. The first kappa shape index (κ1) is 6.81. The summed E-state index contributed by atoms with van der Waals surface area (Å²) >= 11 is 1.86. The van der Waals surface area contributed by atoms with Crippen molar-refractivity contribution in [3.05, 3.63) is 0 Å². The third-order valence-electron chi connectivity index (χ3n) is 1.03. The fourth-order valence-corrected chi connectivity index (χ4v) is 1.16. The Morgan fingerprint density at radius 1 is 1.78 bits per heavy atom. The molecule has 0 aromatic rings. The van der Waals surface area contributed by atoms with Gasteiger partial charge in [0.1, 0.15) is 5.84 Å². The molecule has 0 saturated heterocycles. The van der Waals surface area contributed by atoms with Crippen molar-refractivity contribution in [3.63, 3.8) is 0 Å². The van der Waals surface area contributed by atoms with Gasteiger partial charge in [0, 0.05) is 6.21 Å². The van der Waals surface area contributed by atoms with Crippen molar-refractivity contribution in [2.45, 2.75) is 6.92 Å². The molecule has 0 radical (unpaired) electrons. The third kappa shape index (κ3) is 2.18. The average Bonchev–Trinajstić information content (AvgIpc) is 2.34. The molecule has 1 aliphatic heterocycles. The number of hydrogen-bond donors (Lipinski definition) is 0. The summed E-state index contributed by atoms with van der Waals surface area (Å²) in [7, 11) is 0. The highest BCUT2D eigenvalue weighted by Crippen LogP contribution is 2.01. The number of hydrogen-bond acceptors (Lipinski definition) is 3. The molecule has 9 heavy (non-hydrogen) atoms. The molecule has 0 aromatic heterocycles. The second kappa shape index (κ2) is 3.67. The van der Waals surface area contributed by atoms with Crippen LogP contribution in [-0.2, 0) is 0 Å². The van der Waals surface area contributed by atoms with Gasteiger partial charge >= 0.3 is 0 Å². The minimum atomic E-state index is 0.791. The Kier molecular flexibility index (Phi) is 2.77. The van der Waals surface area contributed by atoms with E-state index in [1.54, 1.807) is 0 Å². The van der Waals surface area contributed by atoms with Crippen LogP contribution in [0.3, 0.4) is 0 Å². The number of nitrogens with zero attached hydrogens (tertiary/aromatic N) is 2. The Hall–Kier alpha value is -0.310. The quantitative estimate of drug-likeness (QED) is 0.581. The molecular formula is C6H10N2S. The topological polar surface area (TPSA) is 24.7 Å². The van der Waals surface area contributed by atoms with Crippen LogP contribution in [0.2, 0.25) is 0 Å². The van der Waals surface area contributed by atoms with Crippen molar-refractivity contribution in [1.29, 1.82) is 0 Å². The van der Waals surface area contributed by atoms with Crippen molar-refractivity contribution in [2.75, 3.05) is 18.1 Å². The van der Waals surface area contributed by atoms with Gasteiger partial charge < -0.3 is 0 Å². The Morgan fingerprint density at radius 3 is 3.22 bits per heavy atom. The molecule has 0 bridgehead atoms. The van der Waals surface area contributed by atoms with Crippen LogP contribution in [0, 0.1) is 0 Å². The van der Waals surface area contributed by atoms with Crippen LogP contribution in [0.1, 0.15) is 6.92 Å². The zero-order valence-corrected chi connectivity index (χ0v) is 6.32. The Balaban J connectivity index is 2.19. The lowest BCUT2D eigenvalue weighted by Gasteiger charge is -1.91. The smallest absolute Gasteiger partial charge is 0.133 e. The minimum absolute atomic E-state index is 0.791. The van der Waals surface area contributed by atoms with Gasteiger partial charge in [0.15, 0.2) is 0 Å². The maximum atomic E-state index is 4.15. The van der Waals surface area contributed by atoms with E-state index in [1.165, 1.54) is 0 Å². The maximum absolute atomic E-state index is 4.15. The van der Waals surface area contributed by atoms with E-state index >= 15 is 0 Å². The summed E-state index contributed by atoms with van der Waals surface area (Å²) in [6.07, 6.45) is 1.85. The number of aliphatic imine (C=N–C) groups is 2. The molecule has 50 valence electrons. The van der Waals surface area contributed by atoms with Crippen LogP contribution in [0.5, 0.6) is 0 Å². The van der Waals surface area contributed by atoms with Crippen molar-refractivity contribution in [1.82, 2.24) is 0 Å². The number of amidine groups is 1. The van der Waals surface area contributed by atoms with E-state index in [-0.39, 0.29) is 0 Å². The molecule has 1 rings (SSSR count). The summed E-state index contributed by atoms with van der Waals surface area (Å²) in [4.78, 5) is 8.22. The summed E-state index contributed by atoms with van der Waals surface area (Å²) in [5, 5.41) is 0. The van der Waals surface area contributed by atoms with Gasteiger partial charge in [-0.25, -0.2) is 4.99 Å². The first-order valence-electron chi connectivity index (χ1n) is 3.07. The molecule has 0 N–H and O–H groups in total. The highest BCUT2D eigenvalue weighted by Gasteiger charge is 1.98. The predicted octanol–water partition coefficient (Wildman–Crippen LogP) is 1.22. The van der Waals surface area contributed by atoms with E-state index in [0.717, 1.165) is 23.9 Å². The van der Waals surface area contributed by atoms with Gasteiger partial charge in [-0.3, -0.25) is 4.99 Å². The van der Waals surface area contributed by atoms with E-state index in [9.17, 15) is 0 Å². The SMILES string of the molecule is CCSCC1=NCC=N1. The van der Waals surface area contributed by atoms with Crippen molar-refractivity contribution in [2.24, 2.45) is 9.98 Å². The third-order valence-corrected chi connectivity index (χ3v) is 1.90. The molecule has 0 unspecified atom stereocenters. The molecule has 2 nitrogen and oxygen atoms in total. The lowest BCUT2D eigenvalue weighted by atomic mass is 10.7. The van der Waals surface area contributed by atoms with Gasteiger partial charge in [0.2, 0.25) is 0 Å². The fourth-order valence-electron chi connectivity index (χ4n) is 0.609. The number of thioether (sulfide) groups is 1. The molecule has 0 aliphatic carbocycles. The molecule has 0 spiro atoms. The second-order valence-corrected chi connectivity index (χ2v) is 2.98. The molecule has 0 saturated carbocycles. The lowest BCUT2D eigenvalue weighted by molar-refractivity contribution is 1.35. The molecule has 3 heteroatoms. The van der Waals surface area contributed by atoms with Gasteiger partial charge in [-0.15, -0.1) is 0 Å². The first-order chi connectivity index (χ1) is 4.43. The van der Waals surface area contributed by atoms with Gasteiger partial charge in [-0.1, -0.05) is 6.92 Å². The van der Waals surface area contributed by atoms with Crippen LogP contribution < -0.4 is 0 Å². The normalized spacial score (nSPS) is 16.3. The lowest BCUT2D eigenvalue weighted by Crippen LogP contribution is -1.93. The maximum Gasteiger partial charge on any atom is 0.133 e. The van der Waals surface area contributed by atoms with Crippen molar-refractivity contribution in [3.8, 4) is 0 Å². The summed E-state index contributed by atoms with van der Waals surface area (Å²) in [5.41, 5.74) is 0. The minimum Gasteiger partial charge on any atom is -0.264 e. The molecule has 1 heterocycles. The molecule has 0 aromatic carbocycles. The monoisotopic (exact) mass is 142 g/mol. The molecule has 0 fully saturated rings. The summed E-state index contributed by atoms with van der Waals surface area (Å²) in [6, 6.07) is 0. The van der Waals surface area contributed by atoms with Crippen LogP contribution in [-0.4, -0.2) is 30.1 Å². The van der Waals surface area contributed by atoms with Crippen molar-refractivity contribution < 1.29 is 0 Å². The van der Waals surface area contributed by atoms with Crippen molar-refractivity contribution >= 4 is 23.8 Å². The zero-order chi connectivity index (χ0) is 6.53. The van der Waals surface area contributed by atoms with E-state index in [4.69, 9.17) is 0 Å². The van der Waals surface area contributed by atoms with Crippen LogP contribution in [0.25, 0.3) is 0 Å². The molecule has 0 amide bonds. The van der Waals surface area contributed by atoms with Gasteiger partial charge in [0.25, 0.3) is 0 Å². The van der Waals surface area contributed by atoms with E-state index in [1.807, 2.05) is 18.0 Å². The molecule has 0 atom stereocenters. The Bertz CT molecular complexity index is 140. The fraction of sp³-hybridized carbons (Fsp3) is 0.667. The average molecular weight is 142 g/mol. The first-order valence-corrected chi connectivity index (χ1v) is 4.22. The molecular weight excluding hydrogens is 132 g/mol. The van der Waals surface area contributed by atoms with E-state index in [2.05, 4.69) is 16.9 Å². The van der Waals surface area contributed by atoms with E-state index in [0.29, 0.717) is 0 Å². The van der Waals surface area contributed by atoms with Gasteiger partial charge in [-0.05, 0) is 5.75 Å². The Labute approximate surface area is 59.5 Å². The van der Waals surface area contributed by atoms with Crippen LogP contribution >= 0.6 is 11.8 Å². The van der Waals surface area contributed by atoms with E-state index < -0.39 is 0 Å². The largest absolute Gasteiger partial charge is 0.264 e. The van der Waals surface area contributed by atoms with Crippen LogP contribution in [0.4, 0.5) is 0 Å². The van der Waals surface area contributed by atoms with Gasteiger partial charge in [-0.2, -0.15) is 11.8 Å². The predicted molar refractivity (Wildman–Crippen MR) is 43.8 cm³/mol. The second-order valence-electron chi connectivity index (χ2n) is 1.71. The standard InChI is InChI=1S/C6H10N2S/c1-2-9-5-6-7-3-4-8-6/h3H,2,4-5H2,1H3. The number of rotatable bonds is 3. The zero-order valence-electron chi connectivity index (χ0n) is 5.50. The summed E-state index contributed by atoms with van der Waals surface area (Å²) in [6.45, 7) is 2.93. The summed E-state index contributed by atoms with van der Waals surface area (Å²) in [5.74, 6) is 3.13. The Morgan fingerprint density at radius 2 is 2.67 bits per heavy atom. The van der Waals surface area contributed by atoms with Gasteiger partial charge in [0.05, 0.1) is 12.3 Å². The summed E-state index contributed by atoms with van der Waals surface area (Å²) < 4.78 is 0. The molecule has 1 aliphatic rings.